The van der Waals surface area contributed by atoms with Crippen LogP contribution in [-0.4, -0.2) is 40.9 Å². The minimum atomic E-state index is -0.737. The SMILES string of the molecule is O=C(COc1ccccc1O)OCC(=O)N1N=C2C(=Cc3ccco3)CCCC2C1c1ccco1. The number of fused-ring (bicyclic) bond motifs is 1. The fraction of sp³-hybridized carbons (Fsp3) is 0.269. The van der Waals surface area contributed by atoms with Crippen LogP contribution < -0.4 is 4.74 Å². The Hall–Kier alpha value is -4.27. The molecule has 2 aromatic heterocycles. The maximum absolute atomic E-state index is 13.1. The lowest BCUT2D eigenvalue weighted by Gasteiger charge is -2.27. The van der Waals surface area contributed by atoms with Crippen molar-refractivity contribution in [2.45, 2.75) is 25.3 Å². The van der Waals surface area contributed by atoms with Crippen molar-refractivity contribution >= 4 is 23.7 Å². The summed E-state index contributed by atoms with van der Waals surface area (Å²) in [5.74, 6) is 0.156. The van der Waals surface area contributed by atoms with Crippen LogP contribution in [0.2, 0.25) is 0 Å². The molecule has 0 spiro atoms. The fourth-order valence-electron chi connectivity index (χ4n) is 4.46. The molecule has 3 aromatic rings. The molecule has 1 saturated carbocycles. The van der Waals surface area contributed by atoms with Gasteiger partial charge < -0.3 is 23.4 Å². The Morgan fingerprint density at radius 2 is 1.91 bits per heavy atom. The van der Waals surface area contributed by atoms with Crippen LogP contribution in [0.1, 0.15) is 36.8 Å². The second-order valence-corrected chi connectivity index (χ2v) is 8.28. The van der Waals surface area contributed by atoms with Crippen LogP contribution in [0.4, 0.5) is 0 Å². The largest absolute Gasteiger partial charge is 0.504 e. The van der Waals surface area contributed by atoms with Crippen molar-refractivity contribution in [3.63, 3.8) is 0 Å². The molecule has 2 atom stereocenters. The highest BCUT2D eigenvalue weighted by molar-refractivity contribution is 6.08. The number of rotatable bonds is 7. The van der Waals surface area contributed by atoms with E-state index in [9.17, 15) is 14.7 Å². The first kappa shape index (κ1) is 22.5. The van der Waals surface area contributed by atoms with E-state index < -0.39 is 31.1 Å². The predicted molar refractivity (Wildman–Crippen MR) is 124 cm³/mol. The monoisotopic (exact) mass is 476 g/mol. The van der Waals surface area contributed by atoms with Gasteiger partial charge in [-0.2, -0.15) is 5.10 Å². The maximum atomic E-state index is 13.1. The summed E-state index contributed by atoms with van der Waals surface area (Å²) in [4.78, 5) is 25.3. The van der Waals surface area contributed by atoms with E-state index in [1.54, 1.807) is 30.7 Å². The highest BCUT2D eigenvalue weighted by Crippen LogP contribution is 2.44. The van der Waals surface area contributed by atoms with Crippen molar-refractivity contribution < 1.29 is 33.0 Å². The van der Waals surface area contributed by atoms with Gasteiger partial charge in [0.1, 0.15) is 17.6 Å². The number of benzene rings is 1. The summed E-state index contributed by atoms with van der Waals surface area (Å²) in [6, 6.07) is 13.1. The standard InChI is InChI=1S/C26H24N2O7/c29-20-9-1-2-10-21(20)34-16-24(31)35-15-23(30)28-26(22-11-5-13-33-22)19-8-3-6-17(25(19)27-28)14-18-7-4-12-32-18/h1-2,4-5,7,9-14,19,26,29H,3,6,8,15-16H2. The summed E-state index contributed by atoms with van der Waals surface area (Å²) in [5, 5.41) is 15.8. The van der Waals surface area contributed by atoms with Crippen molar-refractivity contribution in [1.82, 2.24) is 5.01 Å². The third-order valence-electron chi connectivity index (χ3n) is 6.02. The minimum Gasteiger partial charge on any atom is -0.504 e. The Labute approximate surface area is 201 Å². The first-order valence-corrected chi connectivity index (χ1v) is 11.3. The lowest BCUT2D eigenvalue weighted by molar-refractivity contribution is -0.154. The van der Waals surface area contributed by atoms with Gasteiger partial charge in [-0.05, 0) is 67.3 Å². The molecule has 3 heterocycles. The van der Waals surface area contributed by atoms with Gasteiger partial charge in [-0.1, -0.05) is 12.1 Å². The Kier molecular flexibility index (Phi) is 6.38. The van der Waals surface area contributed by atoms with Crippen LogP contribution in [0, 0.1) is 5.92 Å². The quantitative estimate of drug-likeness (QED) is 0.505. The van der Waals surface area contributed by atoms with Gasteiger partial charge in [-0.15, -0.1) is 0 Å². The van der Waals surface area contributed by atoms with E-state index >= 15 is 0 Å². The van der Waals surface area contributed by atoms with Crippen LogP contribution in [0.25, 0.3) is 6.08 Å². The molecule has 2 aliphatic rings. The number of carbonyl (C=O) groups is 2. The molecule has 0 saturated heterocycles. The number of hydrazone groups is 1. The van der Waals surface area contributed by atoms with Crippen LogP contribution in [0.3, 0.4) is 0 Å². The van der Waals surface area contributed by atoms with E-state index in [0.717, 1.165) is 36.3 Å². The molecule has 1 aromatic carbocycles. The van der Waals surface area contributed by atoms with Gasteiger partial charge in [0, 0.05) is 5.92 Å². The zero-order valence-electron chi connectivity index (χ0n) is 18.8. The normalized spacial score (nSPS) is 20.4. The Morgan fingerprint density at radius 1 is 1.09 bits per heavy atom. The molecular weight excluding hydrogens is 452 g/mol. The number of phenolic OH excluding ortho intramolecular Hbond substituents is 1. The number of aromatic hydroxyl groups is 1. The van der Waals surface area contributed by atoms with Crippen molar-refractivity contribution in [1.29, 1.82) is 0 Å². The molecule has 9 heteroatoms. The number of phenols is 1. The summed E-state index contributed by atoms with van der Waals surface area (Å²) in [7, 11) is 0. The predicted octanol–water partition coefficient (Wildman–Crippen LogP) is 4.32. The Balaban J connectivity index is 1.30. The average Bonchev–Trinajstić information content (AvgIpc) is 3.63. The number of ether oxygens (including phenoxy) is 2. The first-order chi connectivity index (χ1) is 17.1. The number of hydrogen-bond donors (Lipinski definition) is 1. The van der Waals surface area contributed by atoms with Gasteiger partial charge in [0.25, 0.3) is 5.91 Å². The highest BCUT2D eigenvalue weighted by Gasteiger charge is 2.45. The molecule has 9 nitrogen and oxygen atoms in total. The lowest BCUT2D eigenvalue weighted by Crippen LogP contribution is -2.34. The van der Waals surface area contributed by atoms with E-state index in [1.165, 1.54) is 17.1 Å². The summed E-state index contributed by atoms with van der Waals surface area (Å²) in [5.41, 5.74) is 1.83. The Morgan fingerprint density at radius 3 is 2.69 bits per heavy atom. The van der Waals surface area contributed by atoms with Crippen LogP contribution >= 0.6 is 0 Å². The molecule has 0 radical (unpaired) electrons. The van der Waals surface area contributed by atoms with Crippen molar-refractivity contribution in [2.24, 2.45) is 11.0 Å². The maximum Gasteiger partial charge on any atom is 0.344 e. The van der Waals surface area contributed by atoms with Crippen molar-refractivity contribution in [3.05, 3.63) is 78.2 Å². The van der Waals surface area contributed by atoms with E-state index in [-0.39, 0.29) is 17.4 Å². The molecule has 1 fully saturated rings. The minimum absolute atomic E-state index is 0.0415. The fourth-order valence-corrected chi connectivity index (χ4v) is 4.46. The summed E-state index contributed by atoms with van der Waals surface area (Å²) in [6.07, 6.45) is 7.73. The molecule has 2 unspecified atom stereocenters. The van der Waals surface area contributed by atoms with Crippen LogP contribution in [0.15, 0.2) is 80.6 Å². The van der Waals surface area contributed by atoms with E-state index in [2.05, 4.69) is 5.10 Å². The third kappa shape index (κ3) is 4.84. The molecule has 35 heavy (non-hydrogen) atoms. The lowest BCUT2D eigenvalue weighted by atomic mass is 9.79. The number of esters is 1. The zero-order valence-corrected chi connectivity index (χ0v) is 18.8. The summed E-state index contributed by atoms with van der Waals surface area (Å²) in [6.45, 7) is -0.944. The number of carbonyl (C=O) groups excluding carboxylic acids is 2. The molecule has 1 amide bonds. The van der Waals surface area contributed by atoms with E-state index in [4.69, 9.17) is 18.3 Å². The molecule has 1 aliphatic heterocycles. The average molecular weight is 476 g/mol. The second-order valence-electron chi connectivity index (χ2n) is 8.28. The van der Waals surface area contributed by atoms with E-state index in [0.29, 0.717) is 5.76 Å². The van der Waals surface area contributed by atoms with Gasteiger partial charge in [0.2, 0.25) is 0 Å². The number of para-hydroxylation sites is 2. The number of amides is 1. The number of furan rings is 2. The van der Waals surface area contributed by atoms with Gasteiger partial charge in [-0.3, -0.25) is 4.79 Å². The number of hydrogen-bond acceptors (Lipinski definition) is 8. The smallest absolute Gasteiger partial charge is 0.344 e. The molecular formula is C26H24N2O7. The van der Waals surface area contributed by atoms with Crippen LogP contribution in [-0.2, 0) is 14.3 Å². The van der Waals surface area contributed by atoms with Crippen molar-refractivity contribution in [3.8, 4) is 11.5 Å². The van der Waals surface area contributed by atoms with Crippen molar-refractivity contribution in [2.75, 3.05) is 13.2 Å². The molecule has 1 N–H and O–H groups in total. The van der Waals surface area contributed by atoms with Gasteiger partial charge in [0.05, 0.1) is 18.2 Å². The second kappa shape index (κ2) is 9.92. The number of nitrogens with zero attached hydrogens (tertiary/aromatic N) is 2. The summed E-state index contributed by atoms with van der Waals surface area (Å²) < 4.78 is 21.5. The summed E-state index contributed by atoms with van der Waals surface area (Å²) >= 11 is 0. The Bertz CT molecular complexity index is 1240. The van der Waals surface area contributed by atoms with Crippen LogP contribution in [0.5, 0.6) is 11.5 Å². The van der Waals surface area contributed by atoms with Gasteiger partial charge >= 0.3 is 5.97 Å². The molecule has 1 aliphatic carbocycles. The third-order valence-corrected chi connectivity index (χ3v) is 6.02. The van der Waals surface area contributed by atoms with Gasteiger partial charge in [0.15, 0.2) is 24.7 Å². The molecule has 0 bridgehead atoms. The molecule has 180 valence electrons. The number of allylic oxidation sites excluding steroid dienone is 1. The van der Waals surface area contributed by atoms with Gasteiger partial charge in [-0.25, -0.2) is 9.80 Å². The first-order valence-electron chi connectivity index (χ1n) is 11.3. The molecule has 5 rings (SSSR count). The van der Waals surface area contributed by atoms with E-state index in [1.807, 2.05) is 24.3 Å². The topological polar surface area (TPSA) is 115 Å². The zero-order chi connectivity index (χ0) is 24.2. The highest BCUT2D eigenvalue weighted by atomic mass is 16.6.